The molecular weight excluding hydrogens is 514 g/mol. The Morgan fingerprint density at radius 2 is 1.74 bits per heavy atom. The summed E-state index contributed by atoms with van der Waals surface area (Å²) in [6, 6.07) is 24.1. The van der Waals surface area contributed by atoms with E-state index in [-0.39, 0.29) is 35.2 Å². The van der Waals surface area contributed by atoms with E-state index < -0.39 is 0 Å². The number of thioether (sulfide) groups is 1. The first-order valence-electron chi connectivity index (χ1n) is 12.8. The molecule has 0 atom stereocenters. The predicted octanol–water partition coefficient (Wildman–Crippen LogP) is 7.17. The predicted molar refractivity (Wildman–Crippen MR) is 151 cm³/mol. The molecule has 198 valence electrons. The van der Waals surface area contributed by atoms with Crippen LogP contribution in [0.15, 0.2) is 88.2 Å². The molecule has 2 heterocycles. The topological polar surface area (TPSA) is 86.0 Å². The van der Waals surface area contributed by atoms with Gasteiger partial charge in [0.15, 0.2) is 0 Å². The summed E-state index contributed by atoms with van der Waals surface area (Å²) in [5.41, 5.74) is 1.25. The number of unbranched alkanes of at least 4 members (excludes halogenated alkanes) is 1. The van der Waals surface area contributed by atoms with Gasteiger partial charge in [0, 0.05) is 17.0 Å². The maximum Gasteiger partial charge on any atom is 0.338 e. The number of carbonyl (C=O) groups is 3. The molecule has 0 N–H and O–H groups in total. The molecule has 1 aliphatic rings. The molecule has 0 unspecified atom stereocenters. The zero-order valence-electron chi connectivity index (χ0n) is 21.4. The molecule has 2 amide bonds. The summed E-state index contributed by atoms with van der Waals surface area (Å²) in [4.78, 5) is 39.0. The van der Waals surface area contributed by atoms with E-state index in [1.165, 1.54) is 4.90 Å². The van der Waals surface area contributed by atoms with Crippen LogP contribution in [0.1, 0.15) is 35.9 Å². The summed E-state index contributed by atoms with van der Waals surface area (Å²) in [5, 5.41) is 1.69. The van der Waals surface area contributed by atoms with Crippen molar-refractivity contribution in [3.8, 4) is 17.1 Å². The van der Waals surface area contributed by atoms with Crippen molar-refractivity contribution < 1.29 is 28.3 Å². The molecule has 39 heavy (non-hydrogen) atoms. The second-order valence-corrected chi connectivity index (χ2v) is 9.92. The maximum atomic E-state index is 12.9. The van der Waals surface area contributed by atoms with Crippen LogP contribution in [-0.4, -0.2) is 41.8 Å². The summed E-state index contributed by atoms with van der Waals surface area (Å²) < 4.78 is 17.0. The van der Waals surface area contributed by atoms with Crippen LogP contribution in [0.3, 0.4) is 0 Å². The number of benzene rings is 3. The van der Waals surface area contributed by atoms with Crippen LogP contribution >= 0.6 is 11.8 Å². The molecular formula is C31H27NO6S. The van der Waals surface area contributed by atoms with E-state index in [1.54, 1.807) is 42.5 Å². The fourth-order valence-electron chi connectivity index (χ4n) is 4.14. The Labute approximate surface area is 230 Å². The van der Waals surface area contributed by atoms with E-state index in [0.717, 1.165) is 40.9 Å². The number of ether oxygens (including phenoxy) is 2. The van der Waals surface area contributed by atoms with Gasteiger partial charge in [-0.15, -0.1) is 0 Å². The van der Waals surface area contributed by atoms with Gasteiger partial charge in [-0.05, 0) is 53.9 Å². The van der Waals surface area contributed by atoms with Crippen molar-refractivity contribution in [1.29, 1.82) is 0 Å². The molecule has 8 heteroatoms. The third-order valence-electron chi connectivity index (χ3n) is 6.23. The Balaban J connectivity index is 1.20. The highest BCUT2D eigenvalue weighted by Crippen LogP contribution is 2.33. The van der Waals surface area contributed by atoms with Gasteiger partial charge in [0.2, 0.25) is 0 Å². The summed E-state index contributed by atoms with van der Waals surface area (Å²) in [5.74, 6) is 1.00. The standard InChI is InChI=1S/C31H27NO6S/c1-2-3-18-37-30(34)23-13-11-22(12-14-23)26-16-15-24(38-26)20-28-29(33)32(31(35)39-28)17-19-36-27-10-6-8-21-7-4-5-9-25(21)27/h4-16,20H,2-3,17-19H2,1H3/b28-20-. The van der Waals surface area contributed by atoms with Gasteiger partial charge in [-0.25, -0.2) is 4.79 Å². The minimum Gasteiger partial charge on any atom is -0.491 e. The first-order valence-corrected chi connectivity index (χ1v) is 13.6. The van der Waals surface area contributed by atoms with Crippen LogP contribution in [0.2, 0.25) is 0 Å². The molecule has 1 saturated heterocycles. The Bertz CT molecular complexity index is 1530. The number of nitrogens with zero attached hydrogens (tertiary/aromatic N) is 1. The highest BCUT2D eigenvalue weighted by Gasteiger charge is 2.35. The molecule has 0 bridgehead atoms. The average molecular weight is 542 g/mol. The van der Waals surface area contributed by atoms with Gasteiger partial charge < -0.3 is 13.9 Å². The Morgan fingerprint density at radius 3 is 2.56 bits per heavy atom. The van der Waals surface area contributed by atoms with Crippen LogP contribution in [0, 0.1) is 0 Å². The highest BCUT2D eigenvalue weighted by atomic mass is 32.2. The molecule has 0 aliphatic carbocycles. The van der Waals surface area contributed by atoms with Crippen LogP contribution in [0.5, 0.6) is 5.75 Å². The zero-order valence-corrected chi connectivity index (χ0v) is 22.2. The molecule has 1 fully saturated rings. The van der Waals surface area contributed by atoms with Crippen molar-refractivity contribution in [2.75, 3.05) is 19.8 Å². The van der Waals surface area contributed by atoms with E-state index >= 15 is 0 Å². The quantitative estimate of drug-likeness (QED) is 0.119. The molecule has 7 nitrogen and oxygen atoms in total. The van der Waals surface area contributed by atoms with Gasteiger partial charge in [-0.2, -0.15) is 0 Å². The zero-order chi connectivity index (χ0) is 27.2. The summed E-state index contributed by atoms with van der Waals surface area (Å²) in [6.45, 7) is 2.77. The van der Waals surface area contributed by atoms with Crippen molar-refractivity contribution in [3.63, 3.8) is 0 Å². The number of imide groups is 1. The number of furan rings is 1. The van der Waals surface area contributed by atoms with Crippen molar-refractivity contribution in [2.45, 2.75) is 19.8 Å². The normalized spacial score (nSPS) is 14.4. The molecule has 5 rings (SSSR count). The molecule has 3 aromatic carbocycles. The van der Waals surface area contributed by atoms with Gasteiger partial charge in [-0.3, -0.25) is 14.5 Å². The monoisotopic (exact) mass is 541 g/mol. The average Bonchev–Trinajstić information content (AvgIpc) is 3.53. The Hall–Kier alpha value is -4.30. The van der Waals surface area contributed by atoms with E-state index in [4.69, 9.17) is 13.9 Å². The molecule has 0 saturated carbocycles. The lowest BCUT2D eigenvalue weighted by Gasteiger charge is -2.14. The van der Waals surface area contributed by atoms with Crippen LogP contribution in [-0.2, 0) is 9.53 Å². The van der Waals surface area contributed by atoms with Crippen LogP contribution in [0.4, 0.5) is 4.79 Å². The summed E-state index contributed by atoms with van der Waals surface area (Å²) in [7, 11) is 0. The van der Waals surface area contributed by atoms with Gasteiger partial charge in [0.05, 0.1) is 23.6 Å². The lowest BCUT2D eigenvalue weighted by Crippen LogP contribution is -2.32. The number of esters is 1. The van der Waals surface area contributed by atoms with E-state index in [0.29, 0.717) is 29.4 Å². The minimum atomic E-state index is -0.379. The minimum absolute atomic E-state index is 0.141. The number of rotatable bonds is 10. The molecule has 4 aromatic rings. The van der Waals surface area contributed by atoms with Crippen LogP contribution in [0.25, 0.3) is 28.2 Å². The fourth-order valence-corrected chi connectivity index (χ4v) is 4.98. The number of carbonyl (C=O) groups excluding carboxylic acids is 3. The van der Waals surface area contributed by atoms with Gasteiger partial charge in [0.25, 0.3) is 11.1 Å². The summed E-state index contributed by atoms with van der Waals surface area (Å²) in [6.07, 6.45) is 3.36. The number of amides is 2. The Morgan fingerprint density at radius 1 is 0.949 bits per heavy atom. The van der Waals surface area contributed by atoms with Crippen LogP contribution < -0.4 is 4.74 Å². The van der Waals surface area contributed by atoms with Gasteiger partial charge >= 0.3 is 5.97 Å². The molecule has 1 aliphatic heterocycles. The third-order valence-corrected chi connectivity index (χ3v) is 7.14. The maximum absolute atomic E-state index is 12.9. The lowest BCUT2D eigenvalue weighted by molar-refractivity contribution is -0.123. The first-order chi connectivity index (χ1) is 19.0. The highest BCUT2D eigenvalue weighted by molar-refractivity contribution is 8.18. The molecule has 1 aromatic heterocycles. The van der Waals surface area contributed by atoms with Crippen molar-refractivity contribution in [1.82, 2.24) is 4.90 Å². The second kappa shape index (κ2) is 12.0. The van der Waals surface area contributed by atoms with Gasteiger partial charge in [-0.1, -0.05) is 61.9 Å². The lowest BCUT2D eigenvalue weighted by atomic mass is 10.1. The van der Waals surface area contributed by atoms with E-state index in [9.17, 15) is 14.4 Å². The first kappa shape index (κ1) is 26.3. The smallest absolute Gasteiger partial charge is 0.338 e. The fraction of sp³-hybridized carbons (Fsp3) is 0.194. The van der Waals surface area contributed by atoms with E-state index in [2.05, 4.69) is 0 Å². The Kier molecular flexibility index (Phi) is 8.13. The number of hydrogen-bond donors (Lipinski definition) is 0. The summed E-state index contributed by atoms with van der Waals surface area (Å²) >= 11 is 0.875. The van der Waals surface area contributed by atoms with Crippen molar-refractivity contribution in [3.05, 3.63) is 95.1 Å². The number of fused-ring (bicyclic) bond motifs is 1. The van der Waals surface area contributed by atoms with Crippen molar-refractivity contribution in [2.24, 2.45) is 0 Å². The molecule has 0 radical (unpaired) electrons. The number of hydrogen-bond acceptors (Lipinski definition) is 7. The SMILES string of the molecule is CCCCOC(=O)c1ccc(-c2ccc(/C=C3\SC(=O)N(CCOc4cccc5ccccc45)C3=O)o2)cc1. The third kappa shape index (κ3) is 6.07. The molecule has 0 spiro atoms. The van der Waals surface area contributed by atoms with Gasteiger partial charge in [0.1, 0.15) is 23.9 Å². The van der Waals surface area contributed by atoms with Crippen molar-refractivity contribution >= 4 is 45.7 Å². The van der Waals surface area contributed by atoms with E-state index in [1.807, 2.05) is 49.4 Å². The largest absolute Gasteiger partial charge is 0.491 e. The second-order valence-electron chi connectivity index (χ2n) is 8.93.